The van der Waals surface area contributed by atoms with Gasteiger partial charge in [-0.3, -0.25) is 9.52 Å². The van der Waals surface area contributed by atoms with E-state index in [0.717, 1.165) is 12.8 Å². The molecular formula is C17H16Cl2N2O3S. The van der Waals surface area contributed by atoms with E-state index in [1.54, 1.807) is 29.2 Å². The number of hydrogen-bond acceptors (Lipinski definition) is 3. The standard InChI is InChI=1S/C17H16Cl2N2O3S/c1-11(22)21(12-6-7-12)17-5-3-2-4-16(17)20-25(23,24)13-8-9-14(18)15(19)10-13/h2-5,8-10,12,20H,6-7H2,1H3. The molecule has 2 aromatic carbocycles. The summed E-state index contributed by atoms with van der Waals surface area (Å²) < 4.78 is 27.9. The Kier molecular flexibility index (Phi) is 4.95. The van der Waals surface area contributed by atoms with Crippen molar-refractivity contribution in [3.63, 3.8) is 0 Å². The summed E-state index contributed by atoms with van der Waals surface area (Å²) in [5.74, 6) is -0.122. The van der Waals surface area contributed by atoms with E-state index in [9.17, 15) is 13.2 Å². The Morgan fingerprint density at radius 2 is 1.80 bits per heavy atom. The highest BCUT2D eigenvalue weighted by molar-refractivity contribution is 7.92. The molecule has 0 unspecified atom stereocenters. The zero-order valence-electron chi connectivity index (χ0n) is 13.4. The Morgan fingerprint density at radius 1 is 1.12 bits per heavy atom. The molecule has 3 rings (SSSR count). The molecule has 1 aliphatic carbocycles. The van der Waals surface area contributed by atoms with Gasteiger partial charge in [-0.1, -0.05) is 35.3 Å². The number of nitrogens with one attached hydrogen (secondary N) is 1. The van der Waals surface area contributed by atoms with Crippen LogP contribution >= 0.6 is 23.2 Å². The highest BCUT2D eigenvalue weighted by Gasteiger charge is 2.33. The molecule has 0 saturated heterocycles. The van der Waals surface area contributed by atoms with Gasteiger partial charge in [-0.05, 0) is 43.2 Å². The third-order valence-electron chi connectivity index (χ3n) is 3.86. The van der Waals surface area contributed by atoms with Crippen LogP contribution in [0.1, 0.15) is 19.8 Å². The van der Waals surface area contributed by atoms with Crippen molar-refractivity contribution in [1.82, 2.24) is 0 Å². The molecule has 0 aromatic heterocycles. The van der Waals surface area contributed by atoms with Crippen LogP contribution in [0.5, 0.6) is 0 Å². The van der Waals surface area contributed by atoms with Gasteiger partial charge in [0.25, 0.3) is 10.0 Å². The van der Waals surface area contributed by atoms with Gasteiger partial charge in [-0.2, -0.15) is 0 Å². The first-order valence-corrected chi connectivity index (χ1v) is 9.90. The number of rotatable bonds is 5. The smallest absolute Gasteiger partial charge is 0.262 e. The first kappa shape index (κ1) is 18.0. The second kappa shape index (κ2) is 6.86. The van der Waals surface area contributed by atoms with Crippen molar-refractivity contribution in [1.29, 1.82) is 0 Å². The Balaban J connectivity index is 1.97. The normalized spacial score (nSPS) is 14.2. The minimum Gasteiger partial charge on any atom is -0.308 e. The highest BCUT2D eigenvalue weighted by Crippen LogP contribution is 2.37. The average Bonchev–Trinajstić information content (AvgIpc) is 3.36. The van der Waals surface area contributed by atoms with E-state index in [0.29, 0.717) is 11.4 Å². The second-order valence-corrected chi connectivity index (χ2v) is 8.32. The van der Waals surface area contributed by atoms with Crippen molar-refractivity contribution < 1.29 is 13.2 Å². The van der Waals surface area contributed by atoms with Crippen molar-refractivity contribution in [2.45, 2.75) is 30.7 Å². The molecule has 132 valence electrons. The van der Waals surface area contributed by atoms with Crippen molar-refractivity contribution >= 4 is 50.5 Å². The van der Waals surface area contributed by atoms with E-state index in [1.807, 2.05) is 0 Å². The molecule has 1 N–H and O–H groups in total. The summed E-state index contributed by atoms with van der Waals surface area (Å²) in [4.78, 5) is 13.6. The molecule has 0 bridgehead atoms. The number of nitrogens with zero attached hydrogens (tertiary/aromatic N) is 1. The molecule has 0 aliphatic heterocycles. The van der Waals surface area contributed by atoms with E-state index in [4.69, 9.17) is 23.2 Å². The zero-order valence-corrected chi connectivity index (χ0v) is 15.7. The summed E-state index contributed by atoms with van der Waals surface area (Å²) in [6, 6.07) is 11.0. The summed E-state index contributed by atoms with van der Waals surface area (Å²) >= 11 is 11.8. The number of hydrogen-bond donors (Lipinski definition) is 1. The number of amides is 1. The van der Waals surface area contributed by atoms with Gasteiger partial charge in [0, 0.05) is 13.0 Å². The molecule has 0 spiro atoms. The molecule has 25 heavy (non-hydrogen) atoms. The van der Waals surface area contributed by atoms with Gasteiger partial charge in [0.1, 0.15) is 0 Å². The lowest BCUT2D eigenvalue weighted by Crippen LogP contribution is -2.31. The topological polar surface area (TPSA) is 66.5 Å². The molecule has 2 aromatic rings. The van der Waals surface area contributed by atoms with Crippen LogP contribution in [-0.2, 0) is 14.8 Å². The van der Waals surface area contributed by atoms with E-state index in [2.05, 4.69) is 4.72 Å². The molecule has 5 nitrogen and oxygen atoms in total. The lowest BCUT2D eigenvalue weighted by molar-refractivity contribution is -0.116. The molecule has 0 radical (unpaired) electrons. The number of benzene rings is 2. The summed E-state index contributed by atoms with van der Waals surface area (Å²) in [5.41, 5.74) is 0.886. The molecule has 1 amide bonds. The number of para-hydroxylation sites is 2. The van der Waals surface area contributed by atoms with Crippen LogP contribution in [0, 0.1) is 0 Å². The molecule has 1 fully saturated rings. The predicted molar refractivity (Wildman–Crippen MR) is 99.9 cm³/mol. The Morgan fingerprint density at radius 3 is 2.40 bits per heavy atom. The minimum atomic E-state index is -3.87. The predicted octanol–water partition coefficient (Wildman–Crippen LogP) is 4.31. The van der Waals surface area contributed by atoms with Gasteiger partial charge in [-0.15, -0.1) is 0 Å². The van der Waals surface area contributed by atoms with Crippen LogP contribution < -0.4 is 9.62 Å². The summed E-state index contributed by atoms with van der Waals surface area (Å²) in [5, 5.41) is 0.429. The maximum absolute atomic E-state index is 12.7. The molecule has 0 atom stereocenters. The van der Waals surface area contributed by atoms with Crippen molar-refractivity contribution in [2.75, 3.05) is 9.62 Å². The van der Waals surface area contributed by atoms with Crippen LogP contribution in [0.2, 0.25) is 10.0 Å². The van der Waals surface area contributed by atoms with Crippen LogP contribution in [0.4, 0.5) is 11.4 Å². The summed E-state index contributed by atoms with van der Waals surface area (Å²) in [7, 11) is -3.87. The maximum Gasteiger partial charge on any atom is 0.262 e. The van der Waals surface area contributed by atoms with Crippen molar-refractivity contribution in [3.05, 3.63) is 52.5 Å². The van der Waals surface area contributed by atoms with Crippen molar-refractivity contribution in [3.8, 4) is 0 Å². The summed E-state index contributed by atoms with van der Waals surface area (Å²) in [6.07, 6.45) is 1.82. The molecule has 8 heteroatoms. The molecule has 1 saturated carbocycles. The molecular weight excluding hydrogens is 383 g/mol. The second-order valence-electron chi connectivity index (χ2n) is 5.82. The van der Waals surface area contributed by atoms with Gasteiger partial charge in [-0.25, -0.2) is 8.42 Å². The van der Waals surface area contributed by atoms with Crippen LogP contribution in [-0.4, -0.2) is 20.4 Å². The number of carbonyl (C=O) groups excluding carboxylic acids is 1. The Bertz CT molecular complexity index is 927. The highest BCUT2D eigenvalue weighted by atomic mass is 35.5. The lowest BCUT2D eigenvalue weighted by atomic mass is 10.2. The van der Waals surface area contributed by atoms with Crippen molar-refractivity contribution in [2.24, 2.45) is 0 Å². The van der Waals surface area contributed by atoms with Crippen LogP contribution in [0.3, 0.4) is 0 Å². The number of sulfonamides is 1. The van der Waals surface area contributed by atoms with E-state index < -0.39 is 10.0 Å². The third-order valence-corrected chi connectivity index (χ3v) is 5.96. The fraction of sp³-hybridized carbons (Fsp3) is 0.235. The lowest BCUT2D eigenvalue weighted by Gasteiger charge is -2.24. The Labute approximate surface area is 156 Å². The van der Waals surface area contributed by atoms with E-state index in [1.165, 1.54) is 25.1 Å². The fourth-order valence-corrected chi connectivity index (χ4v) is 4.04. The SMILES string of the molecule is CC(=O)N(c1ccccc1NS(=O)(=O)c1ccc(Cl)c(Cl)c1)C1CC1. The zero-order chi connectivity index (χ0) is 18.2. The largest absolute Gasteiger partial charge is 0.308 e. The van der Waals surface area contributed by atoms with Gasteiger partial charge in [0.05, 0.1) is 26.3 Å². The first-order chi connectivity index (χ1) is 11.8. The fourth-order valence-electron chi connectivity index (χ4n) is 2.57. The minimum absolute atomic E-state index is 0.00231. The monoisotopic (exact) mass is 398 g/mol. The first-order valence-electron chi connectivity index (χ1n) is 7.66. The van der Waals surface area contributed by atoms with E-state index >= 15 is 0 Å². The van der Waals surface area contributed by atoms with Gasteiger partial charge in [0.15, 0.2) is 0 Å². The Hall–Kier alpha value is -1.76. The van der Waals surface area contributed by atoms with Crippen LogP contribution in [0.25, 0.3) is 0 Å². The maximum atomic E-state index is 12.7. The van der Waals surface area contributed by atoms with Crippen LogP contribution in [0.15, 0.2) is 47.4 Å². The van der Waals surface area contributed by atoms with Gasteiger partial charge < -0.3 is 4.90 Å². The molecule has 0 heterocycles. The third kappa shape index (κ3) is 3.92. The average molecular weight is 399 g/mol. The number of halogens is 2. The summed E-state index contributed by atoms with van der Waals surface area (Å²) in [6.45, 7) is 1.47. The van der Waals surface area contributed by atoms with Gasteiger partial charge in [0.2, 0.25) is 5.91 Å². The number of anilines is 2. The van der Waals surface area contributed by atoms with E-state index in [-0.39, 0.29) is 26.9 Å². The van der Waals surface area contributed by atoms with Gasteiger partial charge >= 0.3 is 0 Å². The molecule has 1 aliphatic rings. The quantitative estimate of drug-likeness (QED) is 0.815. The number of carbonyl (C=O) groups is 1.